The van der Waals surface area contributed by atoms with Gasteiger partial charge in [-0.05, 0) is 17.7 Å². The highest BCUT2D eigenvalue weighted by molar-refractivity contribution is 5.94. The number of hydrogen-bond donors (Lipinski definition) is 1. The summed E-state index contributed by atoms with van der Waals surface area (Å²) in [6, 6.07) is 7.51. The number of carbonyl (C=O) groups is 1. The number of aryl methyl sites for hydroxylation is 1. The summed E-state index contributed by atoms with van der Waals surface area (Å²) < 4.78 is 5.13. The van der Waals surface area contributed by atoms with E-state index in [0.717, 1.165) is 25.1 Å². The van der Waals surface area contributed by atoms with Gasteiger partial charge in [-0.1, -0.05) is 24.2 Å². The van der Waals surface area contributed by atoms with Crippen LogP contribution in [-0.2, 0) is 19.5 Å². The number of aromatic nitrogens is 2. The minimum atomic E-state index is 0. The fraction of sp³-hybridized carbons (Fsp3) is 0.471. The molecule has 1 aliphatic heterocycles. The first-order chi connectivity index (χ1) is 11.7. The average molecular weight is 366 g/mol. The molecule has 2 heterocycles. The standard InChI is InChI=1S/C17H23N5O2.ClH/c1-2-16-19-15(20-24-16)12-21-7-9-22(10-8-21)17(23)14-5-3-13(11-18)4-6-14;/h3-6H,2,7-12,18H2,1H3;1H. The Labute approximate surface area is 153 Å². The summed E-state index contributed by atoms with van der Waals surface area (Å²) in [7, 11) is 0. The molecule has 2 N–H and O–H groups in total. The average Bonchev–Trinajstić information content (AvgIpc) is 3.09. The highest BCUT2D eigenvalue weighted by Crippen LogP contribution is 2.12. The Balaban J connectivity index is 0.00000225. The van der Waals surface area contributed by atoms with Crippen molar-refractivity contribution in [2.75, 3.05) is 26.2 Å². The van der Waals surface area contributed by atoms with Crippen LogP contribution in [0.2, 0.25) is 0 Å². The van der Waals surface area contributed by atoms with Gasteiger partial charge >= 0.3 is 0 Å². The van der Waals surface area contributed by atoms with E-state index in [1.54, 1.807) is 0 Å². The first-order valence-corrected chi connectivity index (χ1v) is 8.31. The monoisotopic (exact) mass is 365 g/mol. The molecular weight excluding hydrogens is 342 g/mol. The molecule has 25 heavy (non-hydrogen) atoms. The number of hydrogen-bond acceptors (Lipinski definition) is 6. The van der Waals surface area contributed by atoms with Gasteiger partial charge < -0.3 is 15.2 Å². The van der Waals surface area contributed by atoms with Crippen molar-refractivity contribution >= 4 is 18.3 Å². The largest absolute Gasteiger partial charge is 0.339 e. The van der Waals surface area contributed by atoms with Crippen LogP contribution in [-0.4, -0.2) is 52.0 Å². The van der Waals surface area contributed by atoms with Crippen molar-refractivity contribution in [2.45, 2.75) is 26.4 Å². The quantitative estimate of drug-likeness (QED) is 0.863. The SMILES string of the molecule is CCc1nc(CN2CCN(C(=O)c3ccc(CN)cc3)CC2)no1.Cl. The Morgan fingerprint density at radius 1 is 1.20 bits per heavy atom. The Hall–Kier alpha value is -1.96. The van der Waals surface area contributed by atoms with Crippen LogP contribution in [0.4, 0.5) is 0 Å². The highest BCUT2D eigenvalue weighted by Gasteiger charge is 2.23. The number of piperazine rings is 1. The third-order valence-corrected chi connectivity index (χ3v) is 4.27. The second-order valence-corrected chi connectivity index (χ2v) is 5.93. The number of rotatable bonds is 5. The summed E-state index contributed by atoms with van der Waals surface area (Å²) in [5.41, 5.74) is 7.33. The maximum atomic E-state index is 12.5. The number of benzene rings is 1. The first kappa shape index (κ1) is 19.4. The molecule has 0 aliphatic carbocycles. The molecule has 2 aromatic rings. The van der Waals surface area contributed by atoms with Gasteiger partial charge in [0.05, 0.1) is 6.54 Å². The predicted molar refractivity (Wildman–Crippen MR) is 96.4 cm³/mol. The molecule has 136 valence electrons. The summed E-state index contributed by atoms with van der Waals surface area (Å²) >= 11 is 0. The van der Waals surface area contributed by atoms with Crippen LogP contribution in [0.1, 0.15) is 34.6 Å². The number of amides is 1. The second-order valence-electron chi connectivity index (χ2n) is 5.93. The van der Waals surface area contributed by atoms with Gasteiger partial charge in [-0.3, -0.25) is 9.69 Å². The van der Waals surface area contributed by atoms with Crippen molar-refractivity contribution in [3.05, 3.63) is 47.1 Å². The van der Waals surface area contributed by atoms with E-state index in [1.807, 2.05) is 36.1 Å². The van der Waals surface area contributed by atoms with E-state index in [-0.39, 0.29) is 18.3 Å². The minimum Gasteiger partial charge on any atom is -0.339 e. The van der Waals surface area contributed by atoms with Crippen LogP contribution in [0.25, 0.3) is 0 Å². The van der Waals surface area contributed by atoms with Crippen molar-refractivity contribution < 1.29 is 9.32 Å². The Kier molecular flexibility index (Phi) is 6.92. The third kappa shape index (κ3) is 4.78. The van der Waals surface area contributed by atoms with E-state index >= 15 is 0 Å². The fourth-order valence-electron chi connectivity index (χ4n) is 2.77. The summed E-state index contributed by atoms with van der Waals surface area (Å²) in [6.07, 6.45) is 0.748. The molecule has 0 radical (unpaired) electrons. The van der Waals surface area contributed by atoms with Crippen molar-refractivity contribution in [1.82, 2.24) is 19.9 Å². The lowest BCUT2D eigenvalue weighted by atomic mass is 10.1. The zero-order valence-corrected chi connectivity index (χ0v) is 15.2. The van der Waals surface area contributed by atoms with Gasteiger partial charge in [-0.25, -0.2) is 0 Å². The lowest BCUT2D eigenvalue weighted by Crippen LogP contribution is -2.48. The zero-order valence-electron chi connectivity index (χ0n) is 14.4. The normalized spacial score (nSPS) is 15.0. The Bertz CT molecular complexity index is 681. The summed E-state index contributed by atoms with van der Waals surface area (Å²) in [5, 5.41) is 3.98. The van der Waals surface area contributed by atoms with Gasteiger partial charge in [0, 0.05) is 44.7 Å². The minimum absolute atomic E-state index is 0. The molecule has 0 saturated carbocycles. The zero-order chi connectivity index (χ0) is 16.9. The van der Waals surface area contributed by atoms with Crippen molar-refractivity contribution in [2.24, 2.45) is 5.73 Å². The van der Waals surface area contributed by atoms with Gasteiger partial charge in [0.1, 0.15) is 0 Å². The molecule has 8 heteroatoms. The third-order valence-electron chi connectivity index (χ3n) is 4.27. The lowest BCUT2D eigenvalue weighted by Gasteiger charge is -2.34. The first-order valence-electron chi connectivity index (χ1n) is 8.31. The topological polar surface area (TPSA) is 88.5 Å². The van der Waals surface area contributed by atoms with E-state index in [4.69, 9.17) is 10.3 Å². The number of nitrogens with two attached hydrogens (primary N) is 1. The number of halogens is 1. The summed E-state index contributed by atoms with van der Waals surface area (Å²) in [6.45, 7) is 6.17. The maximum Gasteiger partial charge on any atom is 0.253 e. The molecule has 1 aromatic carbocycles. The number of nitrogens with zero attached hydrogens (tertiary/aromatic N) is 4. The van der Waals surface area contributed by atoms with E-state index < -0.39 is 0 Å². The van der Waals surface area contributed by atoms with Crippen LogP contribution in [0, 0.1) is 0 Å². The van der Waals surface area contributed by atoms with E-state index in [2.05, 4.69) is 15.0 Å². The van der Waals surface area contributed by atoms with Crippen LogP contribution in [0.3, 0.4) is 0 Å². The Morgan fingerprint density at radius 3 is 2.44 bits per heavy atom. The van der Waals surface area contributed by atoms with E-state index in [9.17, 15) is 4.79 Å². The van der Waals surface area contributed by atoms with Crippen LogP contribution >= 0.6 is 12.4 Å². The molecule has 1 fully saturated rings. The molecule has 7 nitrogen and oxygen atoms in total. The molecule has 0 atom stereocenters. The second kappa shape index (κ2) is 8.94. The van der Waals surface area contributed by atoms with Crippen molar-refractivity contribution in [3.63, 3.8) is 0 Å². The maximum absolute atomic E-state index is 12.5. The molecule has 3 rings (SSSR count). The predicted octanol–water partition coefficient (Wildman–Crippen LogP) is 1.47. The molecule has 1 saturated heterocycles. The lowest BCUT2D eigenvalue weighted by molar-refractivity contribution is 0.0624. The number of carbonyl (C=O) groups excluding carboxylic acids is 1. The van der Waals surface area contributed by atoms with Gasteiger partial charge in [0.2, 0.25) is 5.89 Å². The van der Waals surface area contributed by atoms with Gasteiger partial charge in [0.25, 0.3) is 5.91 Å². The van der Waals surface area contributed by atoms with Crippen molar-refractivity contribution in [3.8, 4) is 0 Å². The van der Waals surface area contributed by atoms with Crippen LogP contribution in [0.5, 0.6) is 0 Å². The molecule has 1 aliphatic rings. The molecule has 1 aromatic heterocycles. The molecule has 0 unspecified atom stereocenters. The Morgan fingerprint density at radius 2 is 1.88 bits per heavy atom. The van der Waals surface area contributed by atoms with Crippen LogP contribution in [0.15, 0.2) is 28.8 Å². The summed E-state index contributed by atoms with van der Waals surface area (Å²) in [5.74, 6) is 1.45. The molecule has 0 spiro atoms. The fourth-order valence-corrected chi connectivity index (χ4v) is 2.77. The van der Waals surface area contributed by atoms with Crippen molar-refractivity contribution in [1.29, 1.82) is 0 Å². The highest BCUT2D eigenvalue weighted by atomic mass is 35.5. The smallest absolute Gasteiger partial charge is 0.253 e. The molecule has 1 amide bonds. The summed E-state index contributed by atoms with van der Waals surface area (Å²) in [4.78, 5) is 21.0. The van der Waals surface area contributed by atoms with Crippen LogP contribution < -0.4 is 5.73 Å². The molecule has 0 bridgehead atoms. The van der Waals surface area contributed by atoms with Gasteiger partial charge in [-0.15, -0.1) is 12.4 Å². The van der Waals surface area contributed by atoms with E-state index in [1.165, 1.54) is 0 Å². The molecular formula is C17H24ClN5O2. The van der Waals surface area contributed by atoms with Gasteiger partial charge in [-0.2, -0.15) is 4.98 Å². The van der Waals surface area contributed by atoms with E-state index in [0.29, 0.717) is 43.5 Å². The van der Waals surface area contributed by atoms with Gasteiger partial charge in [0.15, 0.2) is 5.82 Å².